The highest BCUT2D eigenvalue weighted by atomic mass is 32.1. The smallest absolute Gasteiger partial charge is 0.311 e. The van der Waals surface area contributed by atoms with E-state index in [0.29, 0.717) is 0 Å². The second-order valence-corrected chi connectivity index (χ2v) is 8.57. The number of Topliss-reactive ketones (excluding diaryl/α,β-unsaturated/α-hetero) is 1. The number of carbonyl (C=O) groups is 2. The summed E-state index contributed by atoms with van der Waals surface area (Å²) in [6, 6.07) is 3.85. The van der Waals surface area contributed by atoms with E-state index in [0.717, 1.165) is 41.9 Å². The van der Waals surface area contributed by atoms with E-state index in [-0.39, 0.29) is 30.2 Å². The summed E-state index contributed by atoms with van der Waals surface area (Å²) < 4.78 is 5.28. The number of thiophene rings is 1. The minimum atomic E-state index is -0.277. The molecule has 3 nitrogen and oxygen atoms in total. The van der Waals surface area contributed by atoms with Crippen LogP contribution < -0.4 is 0 Å². The monoisotopic (exact) mass is 318 g/mol. The first kappa shape index (κ1) is 14.4. The summed E-state index contributed by atoms with van der Waals surface area (Å²) in [6.07, 6.45) is 7.38. The average molecular weight is 318 g/mol. The van der Waals surface area contributed by atoms with Gasteiger partial charge >= 0.3 is 5.97 Å². The molecule has 0 atom stereocenters. The Labute approximate surface area is 135 Å². The Hall–Kier alpha value is -1.16. The largest absolute Gasteiger partial charge is 0.457 e. The molecule has 1 aromatic heterocycles. The van der Waals surface area contributed by atoms with Crippen LogP contribution in [-0.4, -0.2) is 18.4 Å². The molecule has 1 heterocycles. The third-order valence-corrected chi connectivity index (χ3v) is 6.77. The lowest BCUT2D eigenvalue weighted by Gasteiger charge is -2.55. The quantitative estimate of drug-likeness (QED) is 0.779. The maximum Gasteiger partial charge on any atom is 0.311 e. The van der Waals surface area contributed by atoms with Gasteiger partial charge in [-0.25, -0.2) is 0 Å². The van der Waals surface area contributed by atoms with E-state index < -0.39 is 0 Å². The molecule has 4 saturated carbocycles. The fraction of sp³-hybridized carbons (Fsp3) is 0.667. The molecular weight excluding hydrogens is 296 g/mol. The zero-order valence-electron chi connectivity index (χ0n) is 12.8. The molecule has 0 radical (unpaired) electrons. The summed E-state index contributed by atoms with van der Waals surface area (Å²) in [4.78, 5) is 25.6. The van der Waals surface area contributed by atoms with Gasteiger partial charge in [0, 0.05) is 10.3 Å². The van der Waals surface area contributed by atoms with Gasteiger partial charge in [0.2, 0.25) is 0 Å². The molecule has 0 N–H and O–H groups in total. The fourth-order valence-corrected chi connectivity index (χ4v) is 6.05. The molecule has 0 aliphatic heterocycles. The van der Waals surface area contributed by atoms with Crippen LogP contribution in [0.2, 0.25) is 0 Å². The Morgan fingerprint density at radius 1 is 1.14 bits per heavy atom. The van der Waals surface area contributed by atoms with Gasteiger partial charge < -0.3 is 4.74 Å². The molecule has 4 bridgehead atoms. The maximum absolute atomic E-state index is 12.7. The summed E-state index contributed by atoms with van der Waals surface area (Å²) in [7, 11) is 0. The van der Waals surface area contributed by atoms with Crippen molar-refractivity contribution in [2.75, 3.05) is 6.61 Å². The third-order valence-electron chi connectivity index (χ3n) is 5.89. The molecule has 4 fully saturated rings. The number of hydrogen-bond donors (Lipinski definition) is 0. The Morgan fingerprint density at radius 2 is 1.77 bits per heavy atom. The molecule has 4 aliphatic carbocycles. The Kier molecular flexibility index (Phi) is 3.60. The zero-order valence-corrected chi connectivity index (χ0v) is 13.6. The van der Waals surface area contributed by atoms with Crippen LogP contribution in [0.4, 0.5) is 0 Å². The van der Waals surface area contributed by atoms with Crippen LogP contribution in [0.5, 0.6) is 0 Å². The second kappa shape index (κ2) is 5.48. The number of carbonyl (C=O) groups excluding carboxylic acids is 2. The molecule has 0 spiro atoms. The van der Waals surface area contributed by atoms with Crippen LogP contribution >= 0.6 is 11.3 Å². The van der Waals surface area contributed by atoms with Gasteiger partial charge in [0.1, 0.15) is 0 Å². The molecule has 0 amide bonds. The number of ether oxygens (including phenoxy) is 1. The van der Waals surface area contributed by atoms with Gasteiger partial charge in [-0.05, 0) is 67.7 Å². The Balaban J connectivity index is 1.35. The first-order chi connectivity index (χ1) is 10.6. The normalized spacial score (nSPS) is 35.5. The molecule has 1 aromatic rings. The summed E-state index contributed by atoms with van der Waals surface area (Å²) in [5.74, 6) is 2.15. The van der Waals surface area contributed by atoms with Crippen molar-refractivity contribution in [2.24, 2.45) is 23.2 Å². The lowest BCUT2D eigenvalue weighted by Crippen LogP contribution is -2.51. The van der Waals surface area contributed by atoms with Crippen LogP contribution in [0.25, 0.3) is 0 Å². The standard InChI is InChI=1S/C18H22O3S/c19-16(11-21-17(20)7-15-2-1-3-22-15)18-8-12-4-13(9-18)6-14(5-12)10-18/h1-3,12-14H,4-11H2. The van der Waals surface area contributed by atoms with Crippen LogP contribution in [0.15, 0.2) is 17.5 Å². The van der Waals surface area contributed by atoms with Gasteiger partial charge in [0.25, 0.3) is 0 Å². The number of hydrogen-bond acceptors (Lipinski definition) is 4. The highest BCUT2D eigenvalue weighted by Crippen LogP contribution is 2.60. The van der Waals surface area contributed by atoms with E-state index in [4.69, 9.17) is 4.74 Å². The maximum atomic E-state index is 12.7. The van der Waals surface area contributed by atoms with Gasteiger partial charge in [-0.15, -0.1) is 11.3 Å². The molecule has 4 heteroatoms. The van der Waals surface area contributed by atoms with E-state index in [9.17, 15) is 9.59 Å². The minimum Gasteiger partial charge on any atom is -0.457 e. The molecule has 4 aliphatic rings. The van der Waals surface area contributed by atoms with E-state index in [2.05, 4.69) is 0 Å². The Morgan fingerprint density at radius 3 is 2.32 bits per heavy atom. The van der Waals surface area contributed by atoms with Crippen LogP contribution in [0, 0.1) is 23.2 Å². The molecule has 22 heavy (non-hydrogen) atoms. The second-order valence-electron chi connectivity index (χ2n) is 7.54. The fourth-order valence-electron chi connectivity index (χ4n) is 5.36. The van der Waals surface area contributed by atoms with Crippen LogP contribution in [-0.2, 0) is 20.7 Å². The van der Waals surface area contributed by atoms with Gasteiger partial charge in [0.15, 0.2) is 12.4 Å². The van der Waals surface area contributed by atoms with E-state index in [1.165, 1.54) is 19.3 Å². The van der Waals surface area contributed by atoms with Crippen molar-refractivity contribution in [3.63, 3.8) is 0 Å². The van der Waals surface area contributed by atoms with Crippen molar-refractivity contribution >= 4 is 23.1 Å². The van der Waals surface area contributed by atoms with Crippen molar-refractivity contribution in [3.05, 3.63) is 22.4 Å². The van der Waals surface area contributed by atoms with Crippen LogP contribution in [0.3, 0.4) is 0 Å². The predicted molar refractivity (Wildman–Crippen MR) is 84.6 cm³/mol. The zero-order chi connectivity index (χ0) is 15.2. The summed E-state index contributed by atoms with van der Waals surface area (Å²) in [5.41, 5.74) is -0.155. The molecule has 0 saturated heterocycles. The number of esters is 1. The number of rotatable bonds is 5. The molecule has 0 aromatic carbocycles. The van der Waals surface area contributed by atoms with Gasteiger partial charge in [-0.1, -0.05) is 6.07 Å². The van der Waals surface area contributed by atoms with Gasteiger partial charge in [-0.2, -0.15) is 0 Å². The van der Waals surface area contributed by atoms with Gasteiger partial charge in [-0.3, -0.25) is 9.59 Å². The SMILES string of the molecule is O=C(Cc1cccs1)OCC(=O)C12CC3CC(CC(C3)C1)C2. The molecule has 0 unspecified atom stereocenters. The lowest BCUT2D eigenvalue weighted by molar-refractivity contribution is -0.157. The summed E-state index contributed by atoms with van der Waals surface area (Å²) in [5, 5.41) is 1.95. The highest BCUT2D eigenvalue weighted by molar-refractivity contribution is 7.10. The highest BCUT2D eigenvalue weighted by Gasteiger charge is 2.54. The first-order valence-electron chi connectivity index (χ1n) is 8.34. The molecule has 5 rings (SSSR count). The van der Waals surface area contributed by atoms with E-state index in [1.807, 2.05) is 17.5 Å². The van der Waals surface area contributed by atoms with Crippen molar-refractivity contribution in [2.45, 2.75) is 44.9 Å². The summed E-state index contributed by atoms with van der Waals surface area (Å²) in [6.45, 7) is -0.0175. The van der Waals surface area contributed by atoms with E-state index in [1.54, 1.807) is 11.3 Å². The topological polar surface area (TPSA) is 43.4 Å². The van der Waals surface area contributed by atoms with Crippen molar-refractivity contribution in [1.82, 2.24) is 0 Å². The molecule has 118 valence electrons. The Bertz CT molecular complexity index is 540. The van der Waals surface area contributed by atoms with Crippen molar-refractivity contribution < 1.29 is 14.3 Å². The van der Waals surface area contributed by atoms with Crippen molar-refractivity contribution in [3.8, 4) is 0 Å². The lowest BCUT2D eigenvalue weighted by atomic mass is 9.48. The van der Waals surface area contributed by atoms with Crippen LogP contribution in [0.1, 0.15) is 43.4 Å². The van der Waals surface area contributed by atoms with E-state index >= 15 is 0 Å². The molecular formula is C18H22O3S. The van der Waals surface area contributed by atoms with Gasteiger partial charge in [0.05, 0.1) is 6.42 Å². The van der Waals surface area contributed by atoms with Crippen molar-refractivity contribution in [1.29, 1.82) is 0 Å². The average Bonchev–Trinajstić information content (AvgIpc) is 2.96. The predicted octanol–water partition coefficient (Wildman–Crippen LogP) is 3.62. The minimum absolute atomic E-state index is 0.0175. The number of ketones is 1. The third kappa shape index (κ3) is 2.62. The first-order valence-corrected chi connectivity index (χ1v) is 9.22. The summed E-state index contributed by atoms with van der Waals surface area (Å²) >= 11 is 1.55.